The number of methoxy groups -OCH3 is 1. The Labute approximate surface area is 143 Å². The van der Waals surface area contributed by atoms with E-state index in [1.807, 2.05) is 0 Å². The number of hydrogen-bond donors (Lipinski definition) is 2. The van der Waals surface area contributed by atoms with Crippen molar-refractivity contribution in [3.63, 3.8) is 0 Å². The minimum absolute atomic E-state index is 0.0449. The quantitative estimate of drug-likeness (QED) is 0.872. The van der Waals surface area contributed by atoms with Crippen molar-refractivity contribution in [3.8, 4) is 11.5 Å². The molecule has 1 atom stereocenters. The molecule has 1 fully saturated rings. The van der Waals surface area contributed by atoms with E-state index < -0.39 is 11.6 Å². The van der Waals surface area contributed by atoms with Gasteiger partial charge in [-0.25, -0.2) is 8.78 Å². The number of hydrogen-bond acceptors (Lipinski definition) is 4. The number of ether oxygens (including phenoxy) is 1. The van der Waals surface area contributed by atoms with Gasteiger partial charge in [0.2, 0.25) is 5.91 Å². The van der Waals surface area contributed by atoms with Gasteiger partial charge in [-0.15, -0.1) is 0 Å². The lowest BCUT2D eigenvalue weighted by Crippen LogP contribution is -2.33. The third-order valence-electron chi connectivity index (χ3n) is 4.17. The molecule has 2 aromatic carbocycles. The zero-order valence-electron chi connectivity index (χ0n) is 13.6. The Morgan fingerprint density at radius 1 is 1.28 bits per heavy atom. The highest BCUT2D eigenvalue weighted by Crippen LogP contribution is 2.28. The molecular formula is C18H18F2N2O3. The topological polar surface area (TPSA) is 61.8 Å². The van der Waals surface area contributed by atoms with Crippen molar-refractivity contribution >= 4 is 11.6 Å². The molecule has 1 heterocycles. The first kappa shape index (κ1) is 17.2. The van der Waals surface area contributed by atoms with Gasteiger partial charge in [-0.2, -0.15) is 0 Å². The van der Waals surface area contributed by atoms with Gasteiger partial charge in [0.1, 0.15) is 17.3 Å². The maximum atomic E-state index is 13.9. The minimum Gasteiger partial charge on any atom is -0.504 e. The summed E-state index contributed by atoms with van der Waals surface area (Å²) in [5.74, 6) is -1.43. The summed E-state index contributed by atoms with van der Waals surface area (Å²) in [5.41, 5.74) is 0.556. The lowest BCUT2D eigenvalue weighted by Gasteiger charge is -2.18. The van der Waals surface area contributed by atoms with Crippen LogP contribution in [0.4, 0.5) is 14.5 Å². The van der Waals surface area contributed by atoms with Crippen LogP contribution in [0.3, 0.4) is 0 Å². The molecule has 25 heavy (non-hydrogen) atoms. The summed E-state index contributed by atoms with van der Waals surface area (Å²) < 4.78 is 32.8. The van der Waals surface area contributed by atoms with Crippen LogP contribution in [-0.4, -0.2) is 30.7 Å². The van der Waals surface area contributed by atoms with Crippen molar-refractivity contribution in [1.82, 2.24) is 5.32 Å². The van der Waals surface area contributed by atoms with E-state index in [-0.39, 0.29) is 36.4 Å². The standard InChI is InChI=1S/C18H18F2N2O3/c1-25-16-7-11(5-6-15(16)23)9-21-12-8-17(24)22(10-12)18-13(19)3-2-4-14(18)20/h2-7,12,21,23H,8-10H2,1H3. The van der Waals surface area contributed by atoms with Crippen molar-refractivity contribution < 1.29 is 23.4 Å². The first-order chi connectivity index (χ1) is 12.0. The number of anilines is 1. The molecule has 2 N–H and O–H groups in total. The molecule has 0 radical (unpaired) electrons. The molecule has 1 aliphatic rings. The number of phenolic OH excluding ortho intramolecular Hbond substituents is 1. The number of carbonyl (C=O) groups excluding carboxylic acids is 1. The number of aromatic hydroxyl groups is 1. The van der Waals surface area contributed by atoms with E-state index in [1.54, 1.807) is 12.1 Å². The van der Waals surface area contributed by atoms with E-state index in [2.05, 4.69) is 5.32 Å². The molecule has 0 aliphatic carbocycles. The van der Waals surface area contributed by atoms with Crippen LogP contribution in [-0.2, 0) is 11.3 Å². The van der Waals surface area contributed by atoms with Crippen LogP contribution in [0, 0.1) is 11.6 Å². The molecule has 2 aromatic rings. The molecule has 0 saturated carbocycles. The van der Waals surface area contributed by atoms with E-state index in [9.17, 15) is 18.7 Å². The Morgan fingerprint density at radius 3 is 2.68 bits per heavy atom. The summed E-state index contributed by atoms with van der Waals surface area (Å²) in [7, 11) is 1.46. The number of nitrogens with one attached hydrogen (secondary N) is 1. The van der Waals surface area contributed by atoms with Crippen molar-refractivity contribution in [2.75, 3.05) is 18.6 Å². The summed E-state index contributed by atoms with van der Waals surface area (Å²) in [5, 5.41) is 12.8. The second-order valence-corrected chi connectivity index (χ2v) is 5.86. The lowest BCUT2D eigenvalue weighted by molar-refractivity contribution is -0.117. The van der Waals surface area contributed by atoms with Crippen molar-refractivity contribution in [2.24, 2.45) is 0 Å². The molecular weight excluding hydrogens is 330 g/mol. The van der Waals surface area contributed by atoms with Crippen LogP contribution in [0.1, 0.15) is 12.0 Å². The van der Waals surface area contributed by atoms with Crippen LogP contribution in [0.5, 0.6) is 11.5 Å². The Balaban J connectivity index is 1.67. The SMILES string of the molecule is COc1cc(CNC2CC(=O)N(c3c(F)cccc3F)C2)ccc1O. The number of phenols is 1. The molecule has 0 spiro atoms. The second-order valence-electron chi connectivity index (χ2n) is 5.86. The van der Waals surface area contributed by atoms with E-state index in [4.69, 9.17) is 4.74 Å². The van der Waals surface area contributed by atoms with Gasteiger partial charge in [-0.3, -0.25) is 4.79 Å². The largest absolute Gasteiger partial charge is 0.504 e. The summed E-state index contributed by atoms with van der Waals surface area (Å²) in [6.45, 7) is 0.619. The molecule has 3 rings (SSSR count). The molecule has 1 saturated heterocycles. The predicted octanol–water partition coefficient (Wildman–Crippen LogP) is 2.57. The molecule has 1 amide bonds. The van der Waals surface area contributed by atoms with Crippen LogP contribution in [0.25, 0.3) is 0 Å². The fraction of sp³-hybridized carbons (Fsp3) is 0.278. The van der Waals surface area contributed by atoms with E-state index in [0.29, 0.717) is 12.3 Å². The normalized spacial score (nSPS) is 17.2. The van der Waals surface area contributed by atoms with Crippen LogP contribution < -0.4 is 15.0 Å². The maximum absolute atomic E-state index is 13.9. The Morgan fingerprint density at radius 2 is 2.00 bits per heavy atom. The Hall–Kier alpha value is -2.67. The van der Waals surface area contributed by atoms with Crippen LogP contribution in [0.2, 0.25) is 0 Å². The van der Waals surface area contributed by atoms with E-state index in [0.717, 1.165) is 22.6 Å². The summed E-state index contributed by atoms with van der Waals surface area (Å²) in [4.78, 5) is 13.3. The fourth-order valence-electron chi connectivity index (χ4n) is 2.90. The maximum Gasteiger partial charge on any atom is 0.228 e. The molecule has 1 unspecified atom stereocenters. The van der Waals surface area contributed by atoms with Crippen LogP contribution >= 0.6 is 0 Å². The number of amides is 1. The molecule has 5 nitrogen and oxygen atoms in total. The highest BCUT2D eigenvalue weighted by atomic mass is 19.1. The third-order valence-corrected chi connectivity index (χ3v) is 4.17. The monoisotopic (exact) mass is 348 g/mol. The number of rotatable bonds is 5. The number of nitrogens with zero attached hydrogens (tertiary/aromatic N) is 1. The zero-order valence-corrected chi connectivity index (χ0v) is 13.6. The average molecular weight is 348 g/mol. The lowest BCUT2D eigenvalue weighted by atomic mass is 10.1. The van der Waals surface area contributed by atoms with Gasteiger partial charge in [0.05, 0.1) is 7.11 Å². The van der Waals surface area contributed by atoms with Crippen molar-refractivity contribution in [3.05, 3.63) is 53.6 Å². The summed E-state index contributed by atoms with van der Waals surface area (Å²) in [6, 6.07) is 8.25. The number of carbonyl (C=O) groups is 1. The van der Waals surface area contributed by atoms with Crippen molar-refractivity contribution in [1.29, 1.82) is 0 Å². The van der Waals surface area contributed by atoms with Crippen molar-refractivity contribution in [2.45, 2.75) is 19.0 Å². The Kier molecular flexibility index (Phi) is 4.85. The second kappa shape index (κ2) is 7.06. The minimum atomic E-state index is -0.753. The number of para-hydroxylation sites is 1. The van der Waals surface area contributed by atoms with E-state index >= 15 is 0 Å². The Bertz CT molecular complexity index is 778. The van der Waals surface area contributed by atoms with Gasteiger partial charge in [0.25, 0.3) is 0 Å². The third kappa shape index (κ3) is 3.56. The van der Waals surface area contributed by atoms with Gasteiger partial charge in [0, 0.05) is 25.6 Å². The molecule has 132 valence electrons. The highest BCUT2D eigenvalue weighted by molar-refractivity contribution is 5.96. The van der Waals surface area contributed by atoms with E-state index in [1.165, 1.54) is 19.2 Å². The van der Waals surface area contributed by atoms with Gasteiger partial charge in [-0.05, 0) is 29.8 Å². The van der Waals surface area contributed by atoms with Crippen LogP contribution in [0.15, 0.2) is 36.4 Å². The van der Waals surface area contributed by atoms with Gasteiger partial charge < -0.3 is 20.1 Å². The zero-order chi connectivity index (χ0) is 18.0. The fourth-order valence-corrected chi connectivity index (χ4v) is 2.90. The highest BCUT2D eigenvalue weighted by Gasteiger charge is 2.33. The number of benzene rings is 2. The smallest absolute Gasteiger partial charge is 0.228 e. The number of halogens is 2. The molecule has 7 heteroatoms. The molecule has 0 aromatic heterocycles. The first-order valence-electron chi connectivity index (χ1n) is 7.83. The summed E-state index contributed by atoms with van der Waals surface area (Å²) in [6.07, 6.45) is 0.156. The van der Waals surface area contributed by atoms with Gasteiger partial charge in [0.15, 0.2) is 11.5 Å². The molecule has 1 aliphatic heterocycles. The van der Waals surface area contributed by atoms with Gasteiger partial charge >= 0.3 is 0 Å². The predicted molar refractivity (Wildman–Crippen MR) is 88.6 cm³/mol. The molecule has 0 bridgehead atoms. The average Bonchev–Trinajstić information content (AvgIpc) is 2.94. The van der Waals surface area contributed by atoms with Gasteiger partial charge in [-0.1, -0.05) is 12.1 Å². The first-order valence-corrected chi connectivity index (χ1v) is 7.83. The summed E-state index contributed by atoms with van der Waals surface area (Å²) >= 11 is 0.